The number of aromatic amines is 1. The van der Waals surface area contributed by atoms with Crippen molar-refractivity contribution in [2.45, 2.75) is 4.90 Å². The number of aromatic carboxylic acids is 1. The van der Waals surface area contributed by atoms with Gasteiger partial charge in [-0.25, -0.2) is 18.2 Å². The minimum atomic E-state index is -4.05. The van der Waals surface area contributed by atoms with Crippen molar-refractivity contribution >= 4 is 21.7 Å². The molecule has 33 heavy (non-hydrogen) atoms. The number of para-hydroxylation sites is 1. The largest absolute Gasteiger partial charge is 0.501 e. The number of anilines is 1. The Hall–Kier alpha value is -4.44. The number of carbonyl (C=O) groups is 1. The van der Waals surface area contributed by atoms with Gasteiger partial charge in [0.05, 0.1) is 10.6 Å². The smallest absolute Gasteiger partial charge is 0.358 e. The summed E-state index contributed by atoms with van der Waals surface area (Å²) in [6, 6.07) is 21.7. The second-order valence-corrected chi connectivity index (χ2v) is 8.64. The van der Waals surface area contributed by atoms with Crippen LogP contribution in [0, 0.1) is 0 Å². The van der Waals surface area contributed by atoms with E-state index in [1.165, 1.54) is 24.3 Å². The molecule has 10 heteroatoms. The van der Waals surface area contributed by atoms with Crippen molar-refractivity contribution in [2.24, 2.45) is 0 Å². The van der Waals surface area contributed by atoms with Crippen LogP contribution in [0.2, 0.25) is 0 Å². The first kappa shape index (κ1) is 21.8. The van der Waals surface area contributed by atoms with Crippen molar-refractivity contribution in [1.82, 2.24) is 9.97 Å². The van der Waals surface area contributed by atoms with E-state index in [9.17, 15) is 28.2 Å². The minimum absolute atomic E-state index is 0.0111. The number of aromatic hydroxyl groups is 1. The van der Waals surface area contributed by atoms with Crippen molar-refractivity contribution in [3.8, 4) is 28.3 Å². The number of nitrogens with zero attached hydrogens (tertiary/aromatic N) is 1. The first-order valence-electron chi connectivity index (χ1n) is 9.60. The molecule has 0 atom stereocenters. The number of carboxylic acid groups (broad SMARTS) is 1. The average Bonchev–Trinajstić information content (AvgIpc) is 2.81. The summed E-state index contributed by atoms with van der Waals surface area (Å²) >= 11 is 0. The van der Waals surface area contributed by atoms with Crippen molar-refractivity contribution in [3.63, 3.8) is 0 Å². The van der Waals surface area contributed by atoms with Crippen molar-refractivity contribution in [1.29, 1.82) is 0 Å². The summed E-state index contributed by atoms with van der Waals surface area (Å²) in [4.78, 5) is 29.4. The summed E-state index contributed by atoms with van der Waals surface area (Å²) in [5.41, 5.74) is -0.162. The van der Waals surface area contributed by atoms with Crippen LogP contribution in [0.15, 0.2) is 88.6 Å². The average molecular weight is 463 g/mol. The highest BCUT2D eigenvalue weighted by molar-refractivity contribution is 7.92. The van der Waals surface area contributed by atoms with E-state index in [1.54, 1.807) is 24.3 Å². The van der Waals surface area contributed by atoms with Crippen molar-refractivity contribution in [3.05, 3.63) is 94.9 Å². The zero-order valence-corrected chi connectivity index (χ0v) is 17.7. The van der Waals surface area contributed by atoms with Crippen molar-refractivity contribution in [2.75, 3.05) is 4.72 Å². The van der Waals surface area contributed by atoms with Gasteiger partial charge in [-0.3, -0.25) is 9.52 Å². The number of carboxylic acids is 1. The van der Waals surface area contributed by atoms with E-state index in [4.69, 9.17) is 0 Å². The molecular formula is C23H17N3O6S. The highest BCUT2D eigenvalue weighted by Crippen LogP contribution is 2.29. The third kappa shape index (κ3) is 4.46. The Kier molecular flexibility index (Phi) is 5.67. The van der Waals surface area contributed by atoms with E-state index in [0.29, 0.717) is 5.56 Å². The summed E-state index contributed by atoms with van der Waals surface area (Å²) in [6.07, 6.45) is 0. The van der Waals surface area contributed by atoms with Crippen LogP contribution in [0.5, 0.6) is 5.75 Å². The third-order valence-electron chi connectivity index (χ3n) is 4.78. The van der Waals surface area contributed by atoms with Gasteiger partial charge in [-0.1, -0.05) is 54.6 Å². The lowest BCUT2D eigenvalue weighted by atomic mass is 10.1. The highest BCUT2D eigenvalue weighted by Gasteiger charge is 2.21. The maximum absolute atomic E-state index is 13.1. The first-order valence-corrected chi connectivity index (χ1v) is 11.1. The Balaban J connectivity index is 1.75. The molecule has 0 radical (unpaired) electrons. The van der Waals surface area contributed by atoms with Crippen LogP contribution in [-0.4, -0.2) is 34.6 Å². The molecule has 0 saturated heterocycles. The van der Waals surface area contributed by atoms with Crippen LogP contribution in [0.3, 0.4) is 0 Å². The third-order valence-corrected chi connectivity index (χ3v) is 6.14. The van der Waals surface area contributed by atoms with E-state index >= 15 is 0 Å². The first-order chi connectivity index (χ1) is 15.8. The monoisotopic (exact) mass is 463 g/mol. The van der Waals surface area contributed by atoms with Crippen molar-refractivity contribution < 1.29 is 23.4 Å². The summed E-state index contributed by atoms with van der Waals surface area (Å²) in [7, 11) is -4.05. The molecule has 4 N–H and O–H groups in total. The van der Waals surface area contributed by atoms with E-state index in [1.807, 2.05) is 30.3 Å². The van der Waals surface area contributed by atoms with Gasteiger partial charge in [0.15, 0.2) is 5.69 Å². The van der Waals surface area contributed by atoms with Gasteiger partial charge in [0.25, 0.3) is 15.6 Å². The second-order valence-electron chi connectivity index (χ2n) is 6.96. The fraction of sp³-hybridized carbons (Fsp3) is 0. The molecule has 166 valence electrons. The Morgan fingerprint density at radius 2 is 1.58 bits per heavy atom. The fourth-order valence-electron chi connectivity index (χ4n) is 3.20. The number of aromatic nitrogens is 2. The van der Waals surface area contributed by atoms with E-state index in [0.717, 1.165) is 5.56 Å². The molecule has 0 aliphatic rings. The van der Waals surface area contributed by atoms with Crippen LogP contribution in [0.4, 0.5) is 5.69 Å². The number of H-pyrrole nitrogens is 1. The van der Waals surface area contributed by atoms with Crippen LogP contribution in [0.25, 0.3) is 22.5 Å². The van der Waals surface area contributed by atoms with Crippen LogP contribution in [0.1, 0.15) is 10.5 Å². The number of nitrogens with one attached hydrogen (secondary N) is 2. The molecule has 3 aromatic carbocycles. The zero-order chi connectivity index (χ0) is 23.6. The normalized spacial score (nSPS) is 11.2. The van der Waals surface area contributed by atoms with E-state index in [2.05, 4.69) is 14.7 Å². The Morgan fingerprint density at radius 1 is 0.909 bits per heavy atom. The van der Waals surface area contributed by atoms with E-state index < -0.39 is 33.0 Å². The van der Waals surface area contributed by atoms with Crippen LogP contribution >= 0.6 is 0 Å². The number of benzene rings is 3. The Morgan fingerprint density at radius 3 is 2.30 bits per heavy atom. The molecule has 0 fully saturated rings. The molecule has 4 rings (SSSR count). The van der Waals surface area contributed by atoms with Gasteiger partial charge in [-0.2, -0.15) is 0 Å². The fourth-order valence-corrected chi connectivity index (χ4v) is 4.32. The SMILES string of the molecule is O=C(O)c1nc(-c2ccccc2NS(=O)(=O)c2cccc(-c3ccccc3)c2)[nH]c(=O)c1O. The Bertz CT molecular complexity index is 1510. The quantitative estimate of drug-likeness (QED) is 0.343. The summed E-state index contributed by atoms with van der Waals surface area (Å²) in [6.45, 7) is 0. The molecule has 1 heterocycles. The molecule has 0 amide bonds. The lowest BCUT2D eigenvalue weighted by Crippen LogP contribution is -2.17. The molecule has 0 unspecified atom stereocenters. The molecule has 0 saturated carbocycles. The predicted octanol–water partition coefficient (Wildman–Crippen LogP) is 3.31. The maximum Gasteiger partial charge on any atom is 0.358 e. The summed E-state index contributed by atoms with van der Waals surface area (Å²) in [5.74, 6) is -2.86. The second kappa shape index (κ2) is 8.60. The van der Waals surface area contributed by atoms with Gasteiger partial charge in [0, 0.05) is 5.56 Å². The minimum Gasteiger partial charge on any atom is -0.501 e. The molecular weight excluding hydrogens is 446 g/mol. The topological polar surface area (TPSA) is 149 Å². The summed E-state index contributed by atoms with van der Waals surface area (Å²) in [5, 5.41) is 18.9. The number of hydrogen-bond acceptors (Lipinski definition) is 6. The molecule has 0 spiro atoms. The predicted molar refractivity (Wildman–Crippen MR) is 122 cm³/mol. The standard InChI is InChI=1S/C23H17N3O6S/c27-20-19(23(29)30)24-21(25-22(20)28)17-11-4-5-12-18(17)26-33(31,32)16-10-6-9-15(13-16)14-7-2-1-3-8-14/h1-13,26-27H,(H,29,30)(H,24,25,28). The number of hydrogen-bond donors (Lipinski definition) is 4. The van der Waals surface area contributed by atoms with Gasteiger partial charge in [-0.15, -0.1) is 0 Å². The molecule has 1 aromatic heterocycles. The lowest BCUT2D eigenvalue weighted by molar-refractivity contribution is 0.0686. The van der Waals surface area contributed by atoms with Crippen LogP contribution < -0.4 is 10.3 Å². The molecule has 9 nitrogen and oxygen atoms in total. The number of rotatable bonds is 6. The van der Waals surface area contributed by atoms with E-state index in [-0.39, 0.29) is 22.0 Å². The van der Waals surface area contributed by atoms with Gasteiger partial charge in [0.2, 0.25) is 5.75 Å². The van der Waals surface area contributed by atoms with Gasteiger partial charge >= 0.3 is 5.97 Å². The lowest BCUT2D eigenvalue weighted by Gasteiger charge is -2.13. The molecule has 0 bridgehead atoms. The molecule has 0 aliphatic carbocycles. The van der Waals surface area contributed by atoms with Gasteiger partial charge < -0.3 is 15.2 Å². The Labute approximate surface area is 188 Å². The van der Waals surface area contributed by atoms with Crippen LogP contribution in [-0.2, 0) is 10.0 Å². The maximum atomic E-state index is 13.1. The molecule has 4 aromatic rings. The zero-order valence-electron chi connectivity index (χ0n) is 16.9. The highest BCUT2D eigenvalue weighted by atomic mass is 32.2. The molecule has 0 aliphatic heterocycles. The summed E-state index contributed by atoms with van der Waals surface area (Å²) < 4.78 is 28.7. The number of sulfonamides is 1. The van der Waals surface area contributed by atoms with Gasteiger partial charge in [-0.05, 0) is 35.4 Å². The van der Waals surface area contributed by atoms with Gasteiger partial charge in [0.1, 0.15) is 5.82 Å².